The standard InChI is InChI=1S/C12H19N5O2/c1-2-3-7-17-10-9(11(18)15-12(17)19)16(8-14-10)6-4-5-13/h8H,2-7,13H2,1H3,(H,15,18,19). The van der Waals surface area contributed by atoms with Gasteiger partial charge in [0, 0.05) is 13.1 Å². The molecular formula is C12H19N5O2. The van der Waals surface area contributed by atoms with Crippen molar-refractivity contribution in [1.29, 1.82) is 0 Å². The van der Waals surface area contributed by atoms with Crippen molar-refractivity contribution in [2.24, 2.45) is 5.73 Å². The van der Waals surface area contributed by atoms with Crippen molar-refractivity contribution < 1.29 is 0 Å². The van der Waals surface area contributed by atoms with E-state index in [1.807, 2.05) is 6.92 Å². The molecule has 0 atom stereocenters. The molecule has 2 aromatic rings. The smallest absolute Gasteiger partial charge is 0.330 e. The highest BCUT2D eigenvalue weighted by atomic mass is 16.2. The van der Waals surface area contributed by atoms with Gasteiger partial charge < -0.3 is 10.3 Å². The average molecular weight is 265 g/mol. The lowest BCUT2D eigenvalue weighted by Gasteiger charge is -2.06. The molecule has 0 aliphatic carbocycles. The topological polar surface area (TPSA) is 98.7 Å². The highest BCUT2D eigenvalue weighted by molar-refractivity contribution is 5.69. The predicted molar refractivity (Wildman–Crippen MR) is 73.2 cm³/mol. The van der Waals surface area contributed by atoms with E-state index in [2.05, 4.69) is 9.97 Å². The zero-order valence-corrected chi connectivity index (χ0v) is 11.1. The van der Waals surface area contributed by atoms with Crippen LogP contribution in [0, 0.1) is 0 Å². The molecule has 2 rings (SSSR count). The number of aromatic amines is 1. The molecule has 0 aromatic carbocycles. The van der Waals surface area contributed by atoms with Crippen molar-refractivity contribution in [2.45, 2.75) is 39.3 Å². The molecule has 7 nitrogen and oxygen atoms in total. The number of nitrogens with two attached hydrogens (primary N) is 1. The zero-order valence-electron chi connectivity index (χ0n) is 11.1. The van der Waals surface area contributed by atoms with Crippen LogP contribution in [0.4, 0.5) is 0 Å². The third kappa shape index (κ3) is 2.60. The van der Waals surface area contributed by atoms with Gasteiger partial charge in [-0.1, -0.05) is 13.3 Å². The lowest BCUT2D eigenvalue weighted by molar-refractivity contribution is 0.612. The SMILES string of the molecule is CCCCn1c(=O)[nH]c(=O)c2c1ncn2CCCN. The molecule has 2 heterocycles. The fourth-order valence-electron chi connectivity index (χ4n) is 2.08. The van der Waals surface area contributed by atoms with Crippen molar-refractivity contribution in [2.75, 3.05) is 6.54 Å². The summed E-state index contributed by atoms with van der Waals surface area (Å²) >= 11 is 0. The number of aryl methyl sites for hydroxylation is 2. The minimum Gasteiger partial charge on any atom is -0.330 e. The summed E-state index contributed by atoms with van der Waals surface area (Å²) in [6.07, 6.45) is 4.20. The molecule has 3 N–H and O–H groups in total. The Morgan fingerprint density at radius 1 is 1.32 bits per heavy atom. The minimum atomic E-state index is -0.393. The summed E-state index contributed by atoms with van der Waals surface area (Å²) in [7, 11) is 0. The molecule has 7 heteroatoms. The molecule has 0 saturated carbocycles. The molecule has 0 fully saturated rings. The van der Waals surface area contributed by atoms with Gasteiger partial charge in [0.2, 0.25) is 0 Å². The first-order chi connectivity index (χ1) is 9.19. The van der Waals surface area contributed by atoms with Crippen LogP contribution >= 0.6 is 0 Å². The molecule has 2 aromatic heterocycles. The number of aromatic nitrogens is 4. The van der Waals surface area contributed by atoms with Gasteiger partial charge >= 0.3 is 5.69 Å². The second-order valence-electron chi connectivity index (χ2n) is 4.52. The van der Waals surface area contributed by atoms with Crippen LogP contribution in [-0.2, 0) is 13.1 Å². The summed E-state index contributed by atoms with van der Waals surface area (Å²) in [6.45, 7) is 3.79. The summed E-state index contributed by atoms with van der Waals surface area (Å²) in [5, 5.41) is 0. The molecule has 0 bridgehead atoms. The summed E-state index contributed by atoms with van der Waals surface area (Å²) < 4.78 is 3.28. The molecule has 0 amide bonds. The number of imidazole rings is 1. The van der Waals surface area contributed by atoms with Crippen molar-refractivity contribution >= 4 is 11.2 Å². The van der Waals surface area contributed by atoms with E-state index in [1.54, 1.807) is 10.9 Å². The number of hydrogen-bond donors (Lipinski definition) is 2. The van der Waals surface area contributed by atoms with Crippen LogP contribution in [0.25, 0.3) is 11.2 Å². The molecule has 0 radical (unpaired) electrons. The molecule has 0 saturated heterocycles. The van der Waals surface area contributed by atoms with Crippen molar-refractivity contribution in [1.82, 2.24) is 19.1 Å². The van der Waals surface area contributed by atoms with Gasteiger partial charge in [-0.2, -0.15) is 0 Å². The third-order valence-corrected chi connectivity index (χ3v) is 3.09. The highest BCUT2D eigenvalue weighted by Crippen LogP contribution is 2.07. The first-order valence-electron chi connectivity index (χ1n) is 6.57. The average Bonchev–Trinajstić information content (AvgIpc) is 2.80. The van der Waals surface area contributed by atoms with E-state index in [4.69, 9.17) is 5.73 Å². The van der Waals surface area contributed by atoms with Gasteiger partial charge in [-0.05, 0) is 19.4 Å². The Bertz CT molecular complexity index is 667. The number of H-pyrrole nitrogens is 1. The Hall–Kier alpha value is -1.89. The summed E-state index contributed by atoms with van der Waals surface area (Å²) in [5.74, 6) is 0. The minimum absolute atomic E-state index is 0.387. The predicted octanol–water partition coefficient (Wildman–Crippen LogP) is 0.0352. The molecule has 0 aliphatic rings. The summed E-state index contributed by atoms with van der Waals surface area (Å²) in [6, 6.07) is 0. The zero-order chi connectivity index (χ0) is 13.8. The largest absolute Gasteiger partial charge is 0.330 e. The second-order valence-corrected chi connectivity index (χ2v) is 4.52. The van der Waals surface area contributed by atoms with E-state index in [0.29, 0.717) is 30.8 Å². The fourth-order valence-corrected chi connectivity index (χ4v) is 2.08. The summed E-state index contributed by atoms with van der Waals surface area (Å²) in [5.41, 5.74) is 5.60. The third-order valence-electron chi connectivity index (χ3n) is 3.09. The van der Waals surface area contributed by atoms with Crippen LogP contribution in [0.2, 0.25) is 0 Å². The van der Waals surface area contributed by atoms with E-state index in [1.165, 1.54) is 4.57 Å². The van der Waals surface area contributed by atoms with Crippen molar-refractivity contribution in [3.8, 4) is 0 Å². The van der Waals surface area contributed by atoms with Crippen LogP contribution in [0.1, 0.15) is 26.2 Å². The highest BCUT2D eigenvalue weighted by Gasteiger charge is 2.12. The number of nitrogens with zero attached hydrogens (tertiary/aromatic N) is 3. The molecule has 104 valence electrons. The maximum atomic E-state index is 11.9. The van der Waals surface area contributed by atoms with Crippen LogP contribution in [0.15, 0.2) is 15.9 Å². The van der Waals surface area contributed by atoms with Gasteiger partial charge in [0.25, 0.3) is 5.56 Å². The quantitative estimate of drug-likeness (QED) is 0.770. The van der Waals surface area contributed by atoms with Gasteiger partial charge in [0.1, 0.15) is 0 Å². The summed E-state index contributed by atoms with van der Waals surface area (Å²) in [4.78, 5) is 30.3. The number of fused-ring (bicyclic) bond motifs is 1. The first kappa shape index (κ1) is 13.5. The molecule has 19 heavy (non-hydrogen) atoms. The van der Waals surface area contributed by atoms with E-state index >= 15 is 0 Å². The second kappa shape index (κ2) is 5.83. The number of rotatable bonds is 6. The molecule has 0 spiro atoms. The number of nitrogens with one attached hydrogen (secondary N) is 1. The Kier molecular flexibility index (Phi) is 4.16. The van der Waals surface area contributed by atoms with Crippen molar-refractivity contribution in [3.63, 3.8) is 0 Å². The van der Waals surface area contributed by atoms with E-state index in [0.717, 1.165) is 19.3 Å². The van der Waals surface area contributed by atoms with Gasteiger partial charge in [-0.25, -0.2) is 9.78 Å². The van der Waals surface area contributed by atoms with Crippen LogP contribution in [-0.4, -0.2) is 25.6 Å². The maximum Gasteiger partial charge on any atom is 0.330 e. The Morgan fingerprint density at radius 2 is 2.11 bits per heavy atom. The van der Waals surface area contributed by atoms with E-state index in [-0.39, 0.29) is 5.56 Å². The van der Waals surface area contributed by atoms with Gasteiger partial charge in [-0.3, -0.25) is 14.3 Å². The number of unbranched alkanes of at least 4 members (excludes halogenated alkanes) is 1. The monoisotopic (exact) mass is 265 g/mol. The Balaban J connectivity index is 2.55. The van der Waals surface area contributed by atoms with E-state index < -0.39 is 5.69 Å². The number of hydrogen-bond acceptors (Lipinski definition) is 4. The van der Waals surface area contributed by atoms with E-state index in [9.17, 15) is 9.59 Å². The molecule has 0 unspecified atom stereocenters. The van der Waals surface area contributed by atoms with Crippen LogP contribution in [0.3, 0.4) is 0 Å². The van der Waals surface area contributed by atoms with Crippen LogP contribution < -0.4 is 17.0 Å². The lowest BCUT2D eigenvalue weighted by atomic mass is 10.3. The Labute approximate surface area is 110 Å². The normalized spacial score (nSPS) is 11.3. The van der Waals surface area contributed by atoms with Gasteiger partial charge in [-0.15, -0.1) is 0 Å². The van der Waals surface area contributed by atoms with Crippen LogP contribution in [0.5, 0.6) is 0 Å². The Morgan fingerprint density at radius 3 is 2.79 bits per heavy atom. The molecule has 0 aliphatic heterocycles. The lowest BCUT2D eigenvalue weighted by Crippen LogP contribution is -2.31. The van der Waals surface area contributed by atoms with Crippen molar-refractivity contribution in [3.05, 3.63) is 27.2 Å². The van der Waals surface area contributed by atoms with Gasteiger partial charge in [0.15, 0.2) is 11.2 Å². The van der Waals surface area contributed by atoms with Gasteiger partial charge in [0.05, 0.1) is 6.33 Å². The maximum absolute atomic E-state index is 11.9. The fraction of sp³-hybridized carbons (Fsp3) is 0.583. The molecular weight excluding hydrogens is 246 g/mol. The first-order valence-corrected chi connectivity index (χ1v) is 6.57.